The van der Waals surface area contributed by atoms with Gasteiger partial charge < -0.3 is 10.1 Å². The molecule has 0 bridgehead atoms. The first-order valence-electron chi connectivity index (χ1n) is 4.95. The Morgan fingerprint density at radius 3 is 2.67 bits per heavy atom. The van der Waals surface area contributed by atoms with E-state index in [1.165, 1.54) is 9.35 Å². The average molecular weight is 292 g/mol. The van der Waals surface area contributed by atoms with Crippen LogP contribution < -0.4 is 5.32 Å². The van der Waals surface area contributed by atoms with Crippen molar-refractivity contribution in [3.63, 3.8) is 0 Å². The Labute approximate surface area is 104 Å². The molecule has 1 heterocycles. The molecule has 15 heavy (non-hydrogen) atoms. The summed E-state index contributed by atoms with van der Waals surface area (Å²) < 4.78 is 6.70. The van der Waals surface area contributed by atoms with Gasteiger partial charge in [-0.1, -0.05) is 0 Å². The molecule has 0 fully saturated rings. The lowest BCUT2D eigenvalue weighted by Gasteiger charge is -2.32. The molecule has 1 unspecified atom stereocenters. The van der Waals surface area contributed by atoms with E-state index in [-0.39, 0.29) is 5.60 Å². The van der Waals surface area contributed by atoms with Crippen molar-refractivity contribution in [1.29, 1.82) is 0 Å². The number of ether oxygens (including phenoxy) is 1. The van der Waals surface area contributed by atoms with E-state index in [1.54, 1.807) is 18.4 Å². The van der Waals surface area contributed by atoms with E-state index in [4.69, 9.17) is 4.74 Å². The summed E-state index contributed by atoms with van der Waals surface area (Å²) in [5.41, 5.74) is -0.155. The molecule has 1 N–H and O–H groups in total. The van der Waals surface area contributed by atoms with Crippen LogP contribution >= 0.6 is 27.3 Å². The fraction of sp³-hybridized carbons (Fsp3) is 0.636. The number of nitrogens with one attached hydrogen (secondary N) is 1. The van der Waals surface area contributed by atoms with Crippen LogP contribution in [-0.4, -0.2) is 25.8 Å². The zero-order chi connectivity index (χ0) is 11.5. The van der Waals surface area contributed by atoms with Gasteiger partial charge in [0.15, 0.2) is 0 Å². The predicted octanol–water partition coefficient (Wildman–Crippen LogP) is 3.07. The summed E-state index contributed by atoms with van der Waals surface area (Å²) in [6.45, 7) is 4.21. The molecule has 1 aromatic rings. The summed E-state index contributed by atoms with van der Waals surface area (Å²) >= 11 is 5.33. The van der Waals surface area contributed by atoms with Crippen LogP contribution in [0, 0.1) is 0 Å². The monoisotopic (exact) mass is 291 g/mol. The SMILES string of the molecule is CNC(Cc1sccc1Br)C(C)(C)OC. The molecule has 0 aliphatic rings. The third kappa shape index (κ3) is 3.28. The van der Waals surface area contributed by atoms with Gasteiger partial charge in [0.05, 0.1) is 5.60 Å². The van der Waals surface area contributed by atoms with Crippen molar-refractivity contribution in [2.45, 2.75) is 31.9 Å². The number of rotatable bonds is 5. The van der Waals surface area contributed by atoms with Crippen LogP contribution in [0.1, 0.15) is 18.7 Å². The lowest BCUT2D eigenvalue weighted by molar-refractivity contribution is -0.00780. The molecule has 86 valence electrons. The maximum absolute atomic E-state index is 5.51. The molecule has 0 aromatic carbocycles. The van der Waals surface area contributed by atoms with Crippen LogP contribution in [0.4, 0.5) is 0 Å². The first-order valence-corrected chi connectivity index (χ1v) is 6.62. The minimum Gasteiger partial charge on any atom is -0.377 e. The number of halogens is 1. The molecular formula is C11H18BrNOS. The largest absolute Gasteiger partial charge is 0.377 e. The van der Waals surface area contributed by atoms with E-state index >= 15 is 0 Å². The number of likely N-dealkylation sites (N-methyl/N-ethyl adjacent to an activating group) is 1. The second-order valence-corrected chi connectivity index (χ2v) is 5.90. The summed E-state index contributed by atoms with van der Waals surface area (Å²) in [5.74, 6) is 0. The van der Waals surface area contributed by atoms with Gasteiger partial charge in [0.25, 0.3) is 0 Å². The Kier molecular flexibility index (Phi) is 4.77. The fourth-order valence-electron chi connectivity index (χ4n) is 1.49. The van der Waals surface area contributed by atoms with E-state index in [0.29, 0.717) is 6.04 Å². The number of thiophene rings is 1. The van der Waals surface area contributed by atoms with Gasteiger partial charge in [-0.15, -0.1) is 11.3 Å². The van der Waals surface area contributed by atoms with Gasteiger partial charge in [0, 0.05) is 28.9 Å². The molecule has 0 spiro atoms. The quantitative estimate of drug-likeness (QED) is 0.900. The molecule has 0 aliphatic heterocycles. The standard InChI is InChI=1S/C11H18BrNOS/c1-11(2,14-4)10(13-3)7-9-8(12)5-6-15-9/h5-6,10,13H,7H2,1-4H3. The minimum atomic E-state index is -0.155. The van der Waals surface area contributed by atoms with Crippen LogP contribution in [0.5, 0.6) is 0 Å². The Morgan fingerprint density at radius 1 is 1.60 bits per heavy atom. The lowest BCUT2D eigenvalue weighted by atomic mass is 9.95. The Hall–Kier alpha value is 0.1000. The van der Waals surface area contributed by atoms with Crippen LogP contribution in [0.25, 0.3) is 0 Å². The molecule has 1 atom stereocenters. The smallest absolute Gasteiger partial charge is 0.0778 e. The Balaban J connectivity index is 2.74. The lowest BCUT2D eigenvalue weighted by Crippen LogP contribution is -2.47. The normalized spacial score (nSPS) is 14.2. The molecule has 0 radical (unpaired) electrons. The molecule has 0 aliphatic carbocycles. The van der Waals surface area contributed by atoms with Crippen LogP contribution in [0.2, 0.25) is 0 Å². The molecule has 4 heteroatoms. The summed E-state index contributed by atoms with van der Waals surface area (Å²) in [6, 6.07) is 2.41. The van der Waals surface area contributed by atoms with Gasteiger partial charge in [-0.05, 0) is 48.3 Å². The van der Waals surface area contributed by atoms with Crippen molar-refractivity contribution in [3.05, 3.63) is 20.8 Å². The number of hydrogen-bond acceptors (Lipinski definition) is 3. The highest BCUT2D eigenvalue weighted by molar-refractivity contribution is 9.10. The third-order valence-electron chi connectivity index (χ3n) is 2.79. The van der Waals surface area contributed by atoms with Crippen molar-refractivity contribution in [2.75, 3.05) is 14.2 Å². The van der Waals surface area contributed by atoms with E-state index in [0.717, 1.165) is 6.42 Å². The summed E-state index contributed by atoms with van der Waals surface area (Å²) in [4.78, 5) is 1.36. The maximum Gasteiger partial charge on any atom is 0.0778 e. The summed E-state index contributed by atoms with van der Waals surface area (Å²) in [7, 11) is 3.74. The van der Waals surface area contributed by atoms with Gasteiger partial charge in [0.1, 0.15) is 0 Å². The first-order chi connectivity index (χ1) is 7.01. The van der Waals surface area contributed by atoms with Crippen molar-refractivity contribution in [2.24, 2.45) is 0 Å². The number of hydrogen-bond donors (Lipinski definition) is 1. The Morgan fingerprint density at radius 2 is 2.27 bits per heavy atom. The number of methoxy groups -OCH3 is 1. The average Bonchev–Trinajstić information content (AvgIpc) is 2.60. The van der Waals surface area contributed by atoms with Gasteiger partial charge in [-0.2, -0.15) is 0 Å². The highest BCUT2D eigenvalue weighted by Crippen LogP contribution is 2.27. The molecule has 0 amide bonds. The molecule has 0 saturated carbocycles. The highest BCUT2D eigenvalue weighted by Gasteiger charge is 2.28. The second-order valence-electron chi connectivity index (χ2n) is 4.04. The van der Waals surface area contributed by atoms with Gasteiger partial charge >= 0.3 is 0 Å². The zero-order valence-corrected chi connectivity index (χ0v) is 12.0. The first kappa shape index (κ1) is 13.2. The van der Waals surface area contributed by atoms with Gasteiger partial charge in [0.2, 0.25) is 0 Å². The van der Waals surface area contributed by atoms with Crippen molar-refractivity contribution < 1.29 is 4.74 Å². The van der Waals surface area contributed by atoms with Crippen LogP contribution in [0.3, 0.4) is 0 Å². The van der Waals surface area contributed by atoms with Gasteiger partial charge in [-0.3, -0.25) is 0 Å². The Bertz CT molecular complexity index is 311. The molecule has 2 nitrogen and oxygen atoms in total. The minimum absolute atomic E-state index is 0.155. The maximum atomic E-state index is 5.51. The second kappa shape index (κ2) is 5.43. The van der Waals surface area contributed by atoms with Crippen molar-refractivity contribution in [1.82, 2.24) is 5.32 Å². The van der Waals surface area contributed by atoms with Crippen LogP contribution in [-0.2, 0) is 11.2 Å². The summed E-state index contributed by atoms with van der Waals surface area (Å²) in [6.07, 6.45) is 0.982. The van der Waals surface area contributed by atoms with Gasteiger partial charge in [-0.25, -0.2) is 0 Å². The summed E-state index contributed by atoms with van der Waals surface area (Å²) in [5, 5.41) is 5.42. The van der Waals surface area contributed by atoms with Crippen molar-refractivity contribution >= 4 is 27.3 Å². The topological polar surface area (TPSA) is 21.3 Å². The van der Waals surface area contributed by atoms with E-state index in [2.05, 4.69) is 46.5 Å². The highest BCUT2D eigenvalue weighted by atomic mass is 79.9. The van der Waals surface area contributed by atoms with Crippen LogP contribution in [0.15, 0.2) is 15.9 Å². The van der Waals surface area contributed by atoms with Crippen molar-refractivity contribution in [3.8, 4) is 0 Å². The fourth-order valence-corrected chi connectivity index (χ4v) is 3.06. The van der Waals surface area contributed by atoms with E-state index in [1.807, 2.05) is 7.05 Å². The molecule has 0 saturated heterocycles. The van der Waals surface area contributed by atoms with E-state index in [9.17, 15) is 0 Å². The molecule has 1 aromatic heterocycles. The molecule has 1 rings (SSSR count). The zero-order valence-electron chi connectivity index (χ0n) is 9.63. The molecular weight excluding hydrogens is 274 g/mol. The third-order valence-corrected chi connectivity index (χ3v) is 4.74. The predicted molar refractivity (Wildman–Crippen MR) is 69.7 cm³/mol. The van der Waals surface area contributed by atoms with E-state index < -0.39 is 0 Å².